The molecule has 108 valence electrons. The third-order valence-electron chi connectivity index (χ3n) is 1.82. The highest BCUT2D eigenvalue weighted by molar-refractivity contribution is 7.80. The summed E-state index contributed by atoms with van der Waals surface area (Å²) in [4.78, 5) is 23.5. The molecule has 1 heterocycles. The summed E-state index contributed by atoms with van der Waals surface area (Å²) in [5.41, 5.74) is 6.19. The molecular weight excluding hydrogens is 284 g/mol. The van der Waals surface area contributed by atoms with Crippen molar-refractivity contribution in [1.82, 2.24) is 4.98 Å². The van der Waals surface area contributed by atoms with Crippen molar-refractivity contribution in [3.05, 3.63) is 42.2 Å². The van der Waals surface area contributed by atoms with Crippen LogP contribution in [0.3, 0.4) is 0 Å². The van der Waals surface area contributed by atoms with Crippen LogP contribution < -0.4 is 5.73 Å². The SMILES string of the molecule is COC(C(N)=S)c1ccccn1.O=C(O)/C=C\C(=O)O. The molecule has 1 aromatic heterocycles. The Hall–Kier alpha value is -2.32. The largest absolute Gasteiger partial charge is 0.478 e. The van der Waals surface area contributed by atoms with Crippen LogP contribution in [0.1, 0.15) is 11.8 Å². The van der Waals surface area contributed by atoms with Gasteiger partial charge in [0.15, 0.2) is 0 Å². The number of aromatic nitrogens is 1. The molecule has 0 spiro atoms. The van der Waals surface area contributed by atoms with Crippen LogP contribution in [0.4, 0.5) is 0 Å². The van der Waals surface area contributed by atoms with Gasteiger partial charge in [-0.15, -0.1) is 0 Å². The monoisotopic (exact) mass is 298 g/mol. The zero-order valence-corrected chi connectivity index (χ0v) is 11.4. The molecule has 0 aliphatic heterocycles. The minimum Gasteiger partial charge on any atom is -0.478 e. The van der Waals surface area contributed by atoms with E-state index in [1.54, 1.807) is 13.3 Å². The number of hydrogen-bond acceptors (Lipinski definition) is 5. The zero-order valence-electron chi connectivity index (χ0n) is 10.6. The van der Waals surface area contributed by atoms with Crippen LogP contribution in [0.25, 0.3) is 0 Å². The maximum Gasteiger partial charge on any atom is 0.328 e. The Kier molecular flexibility index (Phi) is 8.48. The summed E-state index contributed by atoms with van der Waals surface area (Å²) in [6.07, 6.45) is 2.42. The minimum atomic E-state index is -1.26. The fraction of sp³-hybridized carbons (Fsp3) is 0.167. The van der Waals surface area contributed by atoms with Crippen LogP contribution in [-0.2, 0) is 14.3 Å². The van der Waals surface area contributed by atoms with Gasteiger partial charge in [0.1, 0.15) is 11.1 Å². The molecule has 0 aromatic carbocycles. The summed E-state index contributed by atoms with van der Waals surface area (Å²) < 4.78 is 5.07. The van der Waals surface area contributed by atoms with E-state index in [0.717, 1.165) is 5.69 Å². The highest BCUT2D eigenvalue weighted by Gasteiger charge is 2.13. The molecule has 8 heteroatoms. The van der Waals surface area contributed by atoms with Gasteiger partial charge in [0, 0.05) is 25.5 Å². The molecule has 0 fully saturated rings. The molecule has 1 aromatic rings. The van der Waals surface area contributed by atoms with Crippen molar-refractivity contribution in [2.24, 2.45) is 5.73 Å². The number of carbonyl (C=O) groups is 2. The first-order valence-corrected chi connectivity index (χ1v) is 5.66. The smallest absolute Gasteiger partial charge is 0.328 e. The molecular formula is C12H14N2O5S. The Morgan fingerprint density at radius 2 is 1.90 bits per heavy atom. The lowest BCUT2D eigenvalue weighted by Crippen LogP contribution is -2.21. The standard InChI is InChI=1S/C8H10N2OS.C4H4O4/c1-11-7(8(9)12)6-4-2-3-5-10-6;5-3(6)1-2-4(7)8/h2-5,7H,1H3,(H2,9,12);1-2H,(H,5,6)(H,7,8)/b;2-1-. The van der Waals surface area contributed by atoms with E-state index >= 15 is 0 Å². The first-order valence-electron chi connectivity index (χ1n) is 5.25. The van der Waals surface area contributed by atoms with Crippen LogP contribution >= 0.6 is 12.2 Å². The van der Waals surface area contributed by atoms with Gasteiger partial charge in [-0.3, -0.25) is 4.98 Å². The Balaban J connectivity index is 0.000000396. The predicted molar refractivity (Wildman–Crippen MR) is 75.2 cm³/mol. The molecule has 7 nitrogen and oxygen atoms in total. The Morgan fingerprint density at radius 3 is 2.20 bits per heavy atom. The number of thiocarbonyl (C=S) groups is 1. The van der Waals surface area contributed by atoms with E-state index in [2.05, 4.69) is 4.98 Å². The quantitative estimate of drug-likeness (QED) is 0.538. The molecule has 1 rings (SSSR count). The summed E-state index contributed by atoms with van der Waals surface area (Å²) in [6.45, 7) is 0. The summed E-state index contributed by atoms with van der Waals surface area (Å²) in [5, 5.41) is 15.6. The lowest BCUT2D eigenvalue weighted by atomic mass is 10.2. The number of carboxylic acid groups (broad SMARTS) is 2. The lowest BCUT2D eigenvalue weighted by molar-refractivity contribution is -0.134. The second kappa shape index (κ2) is 9.59. The highest BCUT2D eigenvalue weighted by atomic mass is 32.1. The number of nitrogens with zero attached hydrogens (tertiary/aromatic N) is 1. The van der Waals surface area contributed by atoms with Crippen molar-refractivity contribution >= 4 is 29.1 Å². The average Bonchev–Trinajstić information content (AvgIpc) is 2.39. The summed E-state index contributed by atoms with van der Waals surface area (Å²) in [5.74, 6) is -2.51. The van der Waals surface area contributed by atoms with Crippen LogP contribution in [0.15, 0.2) is 36.5 Å². The molecule has 20 heavy (non-hydrogen) atoms. The summed E-state index contributed by atoms with van der Waals surface area (Å²) in [7, 11) is 1.55. The number of hydrogen-bond donors (Lipinski definition) is 3. The van der Waals surface area contributed by atoms with E-state index in [1.807, 2.05) is 18.2 Å². The fourth-order valence-electron chi connectivity index (χ4n) is 1.06. The van der Waals surface area contributed by atoms with Crippen LogP contribution in [-0.4, -0.2) is 39.2 Å². The second-order valence-corrected chi connectivity index (χ2v) is 3.75. The van der Waals surface area contributed by atoms with E-state index < -0.39 is 11.9 Å². The summed E-state index contributed by atoms with van der Waals surface area (Å²) in [6, 6.07) is 5.52. The number of carboxylic acids is 2. The van der Waals surface area contributed by atoms with Crippen molar-refractivity contribution in [3.8, 4) is 0 Å². The molecule has 0 radical (unpaired) electrons. The van der Waals surface area contributed by atoms with Crippen molar-refractivity contribution in [2.45, 2.75) is 6.10 Å². The fourth-order valence-corrected chi connectivity index (χ4v) is 1.27. The first kappa shape index (κ1) is 17.7. The normalized spacial score (nSPS) is 11.2. The number of methoxy groups -OCH3 is 1. The molecule has 0 saturated heterocycles. The Bertz CT molecular complexity index is 474. The van der Waals surface area contributed by atoms with Gasteiger partial charge in [0.2, 0.25) is 0 Å². The van der Waals surface area contributed by atoms with Gasteiger partial charge in [-0.1, -0.05) is 18.3 Å². The van der Waals surface area contributed by atoms with E-state index in [-0.39, 0.29) is 6.10 Å². The molecule has 1 atom stereocenters. The summed E-state index contributed by atoms with van der Waals surface area (Å²) >= 11 is 4.81. The number of rotatable bonds is 5. The van der Waals surface area contributed by atoms with Crippen LogP contribution in [0.5, 0.6) is 0 Å². The van der Waals surface area contributed by atoms with Crippen molar-refractivity contribution in [3.63, 3.8) is 0 Å². The topological polar surface area (TPSA) is 123 Å². The molecule has 0 saturated carbocycles. The van der Waals surface area contributed by atoms with Crippen molar-refractivity contribution in [1.29, 1.82) is 0 Å². The zero-order chi connectivity index (χ0) is 15.5. The van der Waals surface area contributed by atoms with Crippen molar-refractivity contribution in [2.75, 3.05) is 7.11 Å². The highest BCUT2D eigenvalue weighted by Crippen LogP contribution is 2.12. The van der Waals surface area contributed by atoms with Crippen LogP contribution in [0.2, 0.25) is 0 Å². The van der Waals surface area contributed by atoms with Gasteiger partial charge in [0.05, 0.1) is 5.69 Å². The minimum absolute atomic E-state index is 0.302. The van der Waals surface area contributed by atoms with Crippen molar-refractivity contribution < 1.29 is 24.5 Å². The maximum absolute atomic E-state index is 9.55. The number of pyridine rings is 1. The number of aliphatic carboxylic acids is 2. The van der Waals surface area contributed by atoms with E-state index in [4.69, 9.17) is 32.9 Å². The van der Waals surface area contributed by atoms with Gasteiger partial charge < -0.3 is 20.7 Å². The lowest BCUT2D eigenvalue weighted by Gasteiger charge is -2.11. The van der Waals surface area contributed by atoms with Gasteiger partial charge in [-0.25, -0.2) is 9.59 Å². The Morgan fingerprint density at radius 1 is 1.35 bits per heavy atom. The van der Waals surface area contributed by atoms with E-state index in [0.29, 0.717) is 17.1 Å². The molecule has 0 aliphatic rings. The van der Waals surface area contributed by atoms with Crippen LogP contribution in [0, 0.1) is 0 Å². The maximum atomic E-state index is 9.55. The van der Waals surface area contributed by atoms with Gasteiger partial charge in [-0.2, -0.15) is 0 Å². The predicted octanol–water partition coefficient (Wildman–Crippen LogP) is 0.767. The van der Waals surface area contributed by atoms with Gasteiger partial charge >= 0.3 is 11.9 Å². The second-order valence-electron chi connectivity index (χ2n) is 3.28. The van der Waals surface area contributed by atoms with E-state index in [1.165, 1.54) is 0 Å². The molecule has 0 bridgehead atoms. The number of ether oxygens (including phenoxy) is 1. The third kappa shape index (κ3) is 7.90. The number of nitrogens with two attached hydrogens (primary N) is 1. The average molecular weight is 298 g/mol. The first-order chi connectivity index (χ1) is 9.38. The van der Waals surface area contributed by atoms with Gasteiger partial charge in [0.25, 0.3) is 0 Å². The molecule has 0 aliphatic carbocycles. The molecule has 4 N–H and O–H groups in total. The Labute approximate surface area is 120 Å². The molecule has 0 amide bonds. The third-order valence-corrected chi connectivity index (χ3v) is 2.03. The van der Waals surface area contributed by atoms with Gasteiger partial charge in [-0.05, 0) is 12.1 Å². The molecule has 1 unspecified atom stereocenters. The van der Waals surface area contributed by atoms with E-state index in [9.17, 15) is 9.59 Å².